The molecule has 4 rings (SSSR count). The maximum absolute atomic E-state index is 13.1. The predicted molar refractivity (Wildman–Crippen MR) is 132 cm³/mol. The number of nitrogens with one attached hydrogen (secondary N) is 2. The molecule has 7 nitrogen and oxygen atoms in total. The number of rotatable bonds is 6. The van der Waals surface area contributed by atoms with Crippen molar-refractivity contribution in [1.82, 2.24) is 0 Å². The van der Waals surface area contributed by atoms with E-state index in [-0.39, 0.29) is 16.6 Å². The lowest BCUT2D eigenvalue weighted by Crippen LogP contribution is -2.32. The molecule has 0 spiro atoms. The Morgan fingerprint density at radius 3 is 2.38 bits per heavy atom. The van der Waals surface area contributed by atoms with Crippen molar-refractivity contribution in [2.75, 3.05) is 22.6 Å². The Balaban J connectivity index is 1.54. The van der Waals surface area contributed by atoms with Crippen LogP contribution in [0.5, 0.6) is 5.75 Å². The van der Waals surface area contributed by atoms with Gasteiger partial charge in [0.25, 0.3) is 17.7 Å². The smallest absolute Gasteiger partial charge is 0.283 e. The standard InChI is InChI=1S/C26H22ClN3O4/c1-15-10-11-21(16(2)12-15)30-25(32)22(27)23(26(30)33)28-18-7-4-6-17(13-18)24(31)29-19-8-5-9-20(14-19)34-3/h4-14,28H,1-3H3,(H,29,31). The summed E-state index contributed by atoms with van der Waals surface area (Å²) in [4.78, 5) is 39.7. The Kier molecular flexibility index (Phi) is 6.38. The average molecular weight is 476 g/mol. The number of benzene rings is 3. The molecule has 1 aliphatic heterocycles. The van der Waals surface area contributed by atoms with Crippen LogP contribution in [0.15, 0.2) is 77.5 Å². The van der Waals surface area contributed by atoms with Gasteiger partial charge in [0.05, 0.1) is 12.8 Å². The summed E-state index contributed by atoms with van der Waals surface area (Å²) in [5, 5.41) is 5.51. The number of nitrogens with zero attached hydrogens (tertiary/aromatic N) is 1. The van der Waals surface area contributed by atoms with Crippen LogP contribution in [0, 0.1) is 13.8 Å². The first-order chi connectivity index (χ1) is 16.3. The van der Waals surface area contributed by atoms with Crippen molar-refractivity contribution in [1.29, 1.82) is 0 Å². The molecule has 0 bridgehead atoms. The minimum atomic E-state index is -0.604. The lowest BCUT2D eigenvalue weighted by atomic mass is 10.1. The van der Waals surface area contributed by atoms with E-state index in [0.717, 1.165) is 16.0 Å². The normalized spacial score (nSPS) is 13.4. The highest BCUT2D eigenvalue weighted by Gasteiger charge is 2.39. The zero-order valence-electron chi connectivity index (χ0n) is 18.8. The molecule has 1 aliphatic rings. The predicted octanol–water partition coefficient (Wildman–Crippen LogP) is 5.00. The maximum atomic E-state index is 13.1. The molecule has 3 aromatic carbocycles. The number of aryl methyl sites for hydroxylation is 2. The summed E-state index contributed by atoms with van der Waals surface area (Å²) in [6.45, 7) is 3.76. The van der Waals surface area contributed by atoms with Crippen molar-refractivity contribution in [3.8, 4) is 5.75 Å². The number of amides is 3. The van der Waals surface area contributed by atoms with Crippen LogP contribution < -0.4 is 20.3 Å². The Morgan fingerprint density at radius 1 is 0.912 bits per heavy atom. The van der Waals surface area contributed by atoms with Crippen molar-refractivity contribution in [3.63, 3.8) is 0 Å². The van der Waals surface area contributed by atoms with Crippen LogP contribution in [0.25, 0.3) is 0 Å². The minimum Gasteiger partial charge on any atom is -0.497 e. The minimum absolute atomic E-state index is 0.0444. The van der Waals surface area contributed by atoms with E-state index in [1.165, 1.54) is 0 Å². The van der Waals surface area contributed by atoms with Gasteiger partial charge in [0.15, 0.2) is 0 Å². The summed E-state index contributed by atoms with van der Waals surface area (Å²) in [7, 11) is 1.55. The first kappa shape index (κ1) is 23.1. The van der Waals surface area contributed by atoms with Crippen LogP contribution in [0.2, 0.25) is 0 Å². The van der Waals surface area contributed by atoms with Gasteiger partial charge in [-0.2, -0.15) is 0 Å². The SMILES string of the molecule is COc1cccc(NC(=O)c2cccc(NC3=C(Cl)C(=O)N(c4ccc(C)cc4C)C3=O)c2)c1. The van der Waals surface area contributed by atoms with Crippen LogP contribution in [-0.2, 0) is 9.59 Å². The summed E-state index contributed by atoms with van der Waals surface area (Å²) in [5.41, 5.74) is 3.60. The van der Waals surface area contributed by atoms with E-state index in [4.69, 9.17) is 16.3 Å². The van der Waals surface area contributed by atoms with E-state index < -0.39 is 11.8 Å². The van der Waals surface area contributed by atoms with Crippen molar-refractivity contribution < 1.29 is 19.1 Å². The number of hydrogen-bond donors (Lipinski definition) is 2. The quantitative estimate of drug-likeness (QED) is 0.490. The van der Waals surface area contributed by atoms with Gasteiger partial charge < -0.3 is 15.4 Å². The third-order valence-corrected chi connectivity index (χ3v) is 5.69. The molecule has 0 aliphatic carbocycles. The van der Waals surface area contributed by atoms with Crippen molar-refractivity contribution >= 4 is 46.4 Å². The molecule has 34 heavy (non-hydrogen) atoms. The molecular formula is C26H22ClN3O4. The molecule has 3 amide bonds. The summed E-state index contributed by atoms with van der Waals surface area (Å²) >= 11 is 6.25. The molecule has 0 fully saturated rings. The fraction of sp³-hybridized carbons (Fsp3) is 0.115. The van der Waals surface area contributed by atoms with Crippen LogP contribution in [-0.4, -0.2) is 24.8 Å². The van der Waals surface area contributed by atoms with E-state index in [9.17, 15) is 14.4 Å². The van der Waals surface area contributed by atoms with Crippen molar-refractivity contribution in [2.45, 2.75) is 13.8 Å². The second kappa shape index (κ2) is 9.41. The summed E-state index contributed by atoms with van der Waals surface area (Å²) < 4.78 is 5.18. The van der Waals surface area contributed by atoms with Gasteiger partial charge in [-0.15, -0.1) is 0 Å². The third-order valence-electron chi connectivity index (χ3n) is 5.34. The van der Waals surface area contributed by atoms with E-state index >= 15 is 0 Å². The number of carbonyl (C=O) groups is 3. The number of anilines is 3. The van der Waals surface area contributed by atoms with Crippen molar-refractivity contribution in [3.05, 3.63) is 94.1 Å². The molecule has 0 saturated carbocycles. The zero-order chi connectivity index (χ0) is 24.4. The van der Waals surface area contributed by atoms with Crippen LogP contribution in [0.3, 0.4) is 0 Å². The van der Waals surface area contributed by atoms with Crippen LogP contribution in [0.1, 0.15) is 21.5 Å². The molecule has 0 saturated heterocycles. The molecule has 8 heteroatoms. The van der Waals surface area contributed by atoms with E-state index in [0.29, 0.717) is 28.4 Å². The first-order valence-corrected chi connectivity index (χ1v) is 10.8. The molecule has 3 aromatic rings. The van der Waals surface area contributed by atoms with Gasteiger partial charge in [-0.25, -0.2) is 4.90 Å². The van der Waals surface area contributed by atoms with Crippen LogP contribution in [0.4, 0.5) is 17.1 Å². The van der Waals surface area contributed by atoms with Gasteiger partial charge in [0.2, 0.25) is 0 Å². The second-order valence-corrected chi connectivity index (χ2v) is 8.19. The van der Waals surface area contributed by atoms with Crippen molar-refractivity contribution in [2.24, 2.45) is 0 Å². The Morgan fingerprint density at radius 2 is 1.65 bits per heavy atom. The van der Waals surface area contributed by atoms with Gasteiger partial charge in [-0.3, -0.25) is 14.4 Å². The summed E-state index contributed by atoms with van der Waals surface area (Å²) in [6, 6.07) is 19.0. The summed E-state index contributed by atoms with van der Waals surface area (Å²) in [5.74, 6) is -0.892. The Hall–Kier alpha value is -4.10. The number of methoxy groups -OCH3 is 1. The lowest BCUT2D eigenvalue weighted by molar-refractivity contribution is -0.120. The monoisotopic (exact) mass is 475 g/mol. The molecule has 0 atom stereocenters. The highest BCUT2D eigenvalue weighted by Crippen LogP contribution is 2.32. The molecule has 0 radical (unpaired) electrons. The topological polar surface area (TPSA) is 87.7 Å². The number of halogens is 1. The number of imide groups is 1. The van der Waals surface area contributed by atoms with E-state index in [2.05, 4.69) is 10.6 Å². The fourth-order valence-electron chi connectivity index (χ4n) is 3.67. The molecule has 1 heterocycles. The van der Waals surface area contributed by atoms with Gasteiger partial charge in [-0.1, -0.05) is 41.4 Å². The maximum Gasteiger partial charge on any atom is 0.283 e. The second-order valence-electron chi connectivity index (χ2n) is 7.82. The summed E-state index contributed by atoms with van der Waals surface area (Å²) in [6.07, 6.45) is 0. The first-order valence-electron chi connectivity index (χ1n) is 10.5. The number of hydrogen-bond acceptors (Lipinski definition) is 5. The lowest BCUT2D eigenvalue weighted by Gasteiger charge is -2.18. The zero-order valence-corrected chi connectivity index (χ0v) is 19.6. The van der Waals surface area contributed by atoms with Gasteiger partial charge >= 0.3 is 0 Å². The molecule has 172 valence electrons. The highest BCUT2D eigenvalue weighted by atomic mass is 35.5. The molecule has 0 aromatic heterocycles. The van der Waals surface area contributed by atoms with E-state index in [1.807, 2.05) is 26.0 Å². The van der Waals surface area contributed by atoms with E-state index in [1.54, 1.807) is 61.7 Å². The third kappa shape index (κ3) is 4.51. The fourth-order valence-corrected chi connectivity index (χ4v) is 3.89. The van der Waals surface area contributed by atoms with Gasteiger partial charge in [-0.05, 0) is 55.8 Å². The molecule has 2 N–H and O–H groups in total. The largest absolute Gasteiger partial charge is 0.497 e. The Bertz CT molecular complexity index is 1350. The van der Waals surface area contributed by atoms with Gasteiger partial charge in [0, 0.05) is 23.0 Å². The number of ether oxygens (including phenoxy) is 1. The highest BCUT2D eigenvalue weighted by molar-refractivity contribution is 6.53. The van der Waals surface area contributed by atoms with Gasteiger partial charge in [0.1, 0.15) is 16.5 Å². The average Bonchev–Trinajstić information content (AvgIpc) is 3.03. The molecule has 0 unspecified atom stereocenters. The van der Waals surface area contributed by atoms with Crippen LogP contribution >= 0.6 is 11.6 Å². The molecular weight excluding hydrogens is 454 g/mol. The Labute approximate surface area is 202 Å². The number of carbonyl (C=O) groups excluding carboxylic acids is 3.